The molecule has 0 amide bonds. The molecule has 0 aliphatic heterocycles. The summed E-state index contributed by atoms with van der Waals surface area (Å²) < 4.78 is 15.2. The van der Waals surface area contributed by atoms with Gasteiger partial charge in [0.1, 0.15) is 11.6 Å². The summed E-state index contributed by atoms with van der Waals surface area (Å²) in [6.45, 7) is 0.419. The molecule has 0 saturated heterocycles. The number of carboxylic acid groups (broad SMARTS) is 1. The SMILES string of the molecule is O=C(O)C(=O)C1=C(O)c2c(n(Cc3ccc(F)cc3)c3cc(Cl)ccc23)CC1. The predicted octanol–water partition coefficient (Wildman–Crippen LogP) is 4.35. The molecule has 7 heteroatoms. The molecule has 0 saturated carbocycles. The number of carboxylic acids is 1. The van der Waals surface area contributed by atoms with Crippen LogP contribution in [0.5, 0.6) is 0 Å². The van der Waals surface area contributed by atoms with E-state index in [1.54, 1.807) is 30.3 Å². The highest BCUT2D eigenvalue weighted by Gasteiger charge is 2.31. The molecule has 2 aromatic carbocycles. The summed E-state index contributed by atoms with van der Waals surface area (Å²) in [5.41, 5.74) is 2.73. The molecule has 1 aliphatic rings. The molecular weight excluding hydrogens is 385 g/mol. The van der Waals surface area contributed by atoms with Crippen LogP contribution in [0.15, 0.2) is 48.0 Å². The Labute approximate surface area is 164 Å². The van der Waals surface area contributed by atoms with Crippen molar-refractivity contribution in [1.29, 1.82) is 0 Å². The summed E-state index contributed by atoms with van der Waals surface area (Å²) in [6, 6.07) is 11.3. The Morgan fingerprint density at radius 2 is 1.82 bits per heavy atom. The normalized spacial score (nSPS) is 13.6. The van der Waals surface area contributed by atoms with Crippen LogP contribution in [0.25, 0.3) is 16.7 Å². The second-order valence-corrected chi connectivity index (χ2v) is 7.09. The number of rotatable bonds is 4. The largest absolute Gasteiger partial charge is 0.507 e. The van der Waals surface area contributed by atoms with Crippen molar-refractivity contribution in [3.8, 4) is 0 Å². The summed E-state index contributed by atoms with van der Waals surface area (Å²) in [4.78, 5) is 23.0. The van der Waals surface area contributed by atoms with E-state index in [2.05, 4.69) is 0 Å². The number of hydrogen-bond donors (Lipinski definition) is 2. The van der Waals surface area contributed by atoms with E-state index in [-0.39, 0.29) is 23.6 Å². The minimum atomic E-state index is -1.59. The molecule has 0 unspecified atom stereocenters. The first kappa shape index (κ1) is 18.3. The number of aliphatic hydroxyl groups is 1. The molecule has 3 aromatic rings. The molecule has 0 atom stereocenters. The molecule has 142 valence electrons. The zero-order valence-electron chi connectivity index (χ0n) is 14.6. The highest BCUT2D eigenvalue weighted by Crippen LogP contribution is 2.39. The molecule has 4 rings (SSSR count). The maximum atomic E-state index is 13.2. The maximum absolute atomic E-state index is 13.2. The molecule has 0 fully saturated rings. The van der Waals surface area contributed by atoms with Crippen molar-refractivity contribution < 1.29 is 24.2 Å². The first-order chi connectivity index (χ1) is 13.4. The number of hydrogen-bond acceptors (Lipinski definition) is 3. The van der Waals surface area contributed by atoms with E-state index in [0.29, 0.717) is 28.9 Å². The van der Waals surface area contributed by atoms with Gasteiger partial charge in [0, 0.05) is 33.8 Å². The lowest BCUT2D eigenvalue weighted by atomic mass is 9.91. The minimum absolute atomic E-state index is 0.101. The van der Waals surface area contributed by atoms with Crippen molar-refractivity contribution in [2.45, 2.75) is 19.4 Å². The lowest BCUT2D eigenvalue weighted by Gasteiger charge is -2.18. The van der Waals surface area contributed by atoms with Gasteiger partial charge in [-0.05, 0) is 42.7 Å². The molecule has 1 aliphatic carbocycles. The number of carbonyl (C=O) groups excluding carboxylic acids is 1. The third-order valence-corrected chi connectivity index (χ3v) is 5.23. The number of aliphatic carboxylic acids is 1. The fraction of sp³-hybridized carbons (Fsp3) is 0.143. The van der Waals surface area contributed by atoms with Crippen LogP contribution in [0, 0.1) is 5.82 Å². The zero-order chi connectivity index (χ0) is 20.0. The minimum Gasteiger partial charge on any atom is -0.507 e. The van der Waals surface area contributed by atoms with Gasteiger partial charge in [0.15, 0.2) is 0 Å². The average Bonchev–Trinajstić information content (AvgIpc) is 2.97. The second kappa shape index (κ2) is 6.80. The number of fused-ring (bicyclic) bond motifs is 3. The highest BCUT2D eigenvalue weighted by atomic mass is 35.5. The van der Waals surface area contributed by atoms with E-state index in [9.17, 15) is 19.1 Å². The van der Waals surface area contributed by atoms with Crippen molar-refractivity contribution in [2.24, 2.45) is 0 Å². The van der Waals surface area contributed by atoms with E-state index in [1.165, 1.54) is 12.1 Å². The van der Waals surface area contributed by atoms with Gasteiger partial charge in [-0.1, -0.05) is 29.8 Å². The summed E-state index contributed by atoms with van der Waals surface area (Å²) in [5.74, 6) is -3.33. The van der Waals surface area contributed by atoms with Crippen LogP contribution in [0.2, 0.25) is 5.02 Å². The van der Waals surface area contributed by atoms with E-state index in [4.69, 9.17) is 16.7 Å². The van der Waals surface area contributed by atoms with Crippen LogP contribution in [0.1, 0.15) is 23.2 Å². The van der Waals surface area contributed by atoms with Gasteiger partial charge in [-0.25, -0.2) is 9.18 Å². The third kappa shape index (κ3) is 2.96. The van der Waals surface area contributed by atoms with Gasteiger partial charge in [-0.15, -0.1) is 0 Å². The molecule has 0 radical (unpaired) electrons. The second-order valence-electron chi connectivity index (χ2n) is 6.66. The lowest BCUT2D eigenvalue weighted by molar-refractivity contribution is -0.147. The lowest BCUT2D eigenvalue weighted by Crippen LogP contribution is -2.20. The van der Waals surface area contributed by atoms with E-state index >= 15 is 0 Å². The number of nitrogens with zero attached hydrogens (tertiary/aromatic N) is 1. The molecule has 1 aromatic heterocycles. The van der Waals surface area contributed by atoms with E-state index in [1.807, 2.05) is 4.57 Å². The Balaban J connectivity index is 1.93. The molecule has 0 bridgehead atoms. The molecule has 2 N–H and O–H groups in total. The van der Waals surface area contributed by atoms with E-state index in [0.717, 1.165) is 16.8 Å². The smallest absolute Gasteiger partial charge is 0.377 e. The van der Waals surface area contributed by atoms with Crippen LogP contribution in [-0.4, -0.2) is 26.5 Å². The Kier molecular flexibility index (Phi) is 4.43. The fourth-order valence-corrected chi connectivity index (χ4v) is 3.88. The molecule has 5 nitrogen and oxygen atoms in total. The number of ketones is 1. The Morgan fingerprint density at radius 1 is 1.11 bits per heavy atom. The number of benzene rings is 2. The molecule has 0 spiro atoms. The standard InChI is InChI=1S/C21H15ClFNO4/c22-12-3-6-14-17(9-12)24(10-11-1-4-13(23)5-2-11)16-8-7-15(19(25)18(14)16)20(26)21(27)28/h1-6,9,25H,7-8,10H2,(H,27,28). The fourth-order valence-electron chi connectivity index (χ4n) is 3.72. The Morgan fingerprint density at radius 3 is 2.50 bits per heavy atom. The van der Waals surface area contributed by atoms with Crippen molar-refractivity contribution in [1.82, 2.24) is 4.57 Å². The highest BCUT2D eigenvalue weighted by molar-refractivity contribution is 6.41. The number of aliphatic hydroxyl groups excluding tert-OH is 1. The summed E-state index contributed by atoms with van der Waals surface area (Å²) in [7, 11) is 0. The zero-order valence-corrected chi connectivity index (χ0v) is 15.3. The van der Waals surface area contributed by atoms with Crippen LogP contribution in [-0.2, 0) is 22.6 Å². The van der Waals surface area contributed by atoms with Crippen molar-refractivity contribution in [3.63, 3.8) is 0 Å². The van der Waals surface area contributed by atoms with Crippen molar-refractivity contribution in [3.05, 3.63) is 75.7 Å². The quantitative estimate of drug-likeness (QED) is 0.639. The van der Waals surface area contributed by atoms with Gasteiger partial charge in [-0.2, -0.15) is 0 Å². The van der Waals surface area contributed by atoms with Crippen LogP contribution in [0.3, 0.4) is 0 Å². The van der Waals surface area contributed by atoms with Crippen LogP contribution in [0.4, 0.5) is 4.39 Å². The molecule has 1 heterocycles. The van der Waals surface area contributed by atoms with Gasteiger partial charge in [-0.3, -0.25) is 4.79 Å². The van der Waals surface area contributed by atoms with Gasteiger partial charge in [0.05, 0.1) is 5.52 Å². The predicted molar refractivity (Wildman–Crippen MR) is 103 cm³/mol. The van der Waals surface area contributed by atoms with Crippen LogP contribution < -0.4 is 0 Å². The first-order valence-electron chi connectivity index (χ1n) is 8.62. The molecular formula is C21H15ClFNO4. The number of carbonyl (C=O) groups is 2. The number of Topliss-reactive ketones (excluding diaryl/α,β-unsaturated/α-hetero) is 1. The van der Waals surface area contributed by atoms with Gasteiger partial charge in [0.25, 0.3) is 5.78 Å². The van der Waals surface area contributed by atoms with Gasteiger partial charge < -0.3 is 14.8 Å². The van der Waals surface area contributed by atoms with Gasteiger partial charge in [0.2, 0.25) is 0 Å². The molecule has 28 heavy (non-hydrogen) atoms. The average molecular weight is 400 g/mol. The summed E-state index contributed by atoms with van der Waals surface area (Å²) in [5, 5.41) is 20.9. The third-order valence-electron chi connectivity index (χ3n) is 4.99. The number of halogens is 2. The Bertz CT molecular complexity index is 1160. The summed E-state index contributed by atoms with van der Waals surface area (Å²) >= 11 is 6.17. The monoisotopic (exact) mass is 399 g/mol. The van der Waals surface area contributed by atoms with Crippen LogP contribution >= 0.6 is 11.6 Å². The van der Waals surface area contributed by atoms with Crippen molar-refractivity contribution >= 4 is 40.0 Å². The topological polar surface area (TPSA) is 79.5 Å². The van der Waals surface area contributed by atoms with E-state index < -0.39 is 11.8 Å². The van der Waals surface area contributed by atoms with Crippen molar-refractivity contribution in [2.75, 3.05) is 0 Å². The Hall–Kier alpha value is -3.12. The van der Waals surface area contributed by atoms with Gasteiger partial charge >= 0.3 is 5.97 Å². The first-order valence-corrected chi connectivity index (χ1v) is 8.99. The summed E-state index contributed by atoms with van der Waals surface area (Å²) in [6.07, 6.45) is 0.513. The maximum Gasteiger partial charge on any atom is 0.377 e. The number of aromatic nitrogens is 1.